The molecule has 0 aliphatic heterocycles. The van der Waals surface area contributed by atoms with Crippen LogP contribution < -0.4 is 11.1 Å². The van der Waals surface area contributed by atoms with E-state index in [2.05, 4.69) is 18.0 Å². The molecule has 15 heavy (non-hydrogen) atoms. The monoisotopic (exact) mass is 258 g/mol. The van der Waals surface area contributed by atoms with Crippen molar-refractivity contribution < 1.29 is 30.7 Å². The van der Waals surface area contributed by atoms with Crippen LogP contribution in [0.1, 0.15) is 0 Å². The molecule has 0 aromatic heterocycles. The first-order chi connectivity index (χ1) is 6.48. The normalized spacial score (nSPS) is 13.8. The van der Waals surface area contributed by atoms with E-state index in [4.69, 9.17) is 0 Å². The van der Waals surface area contributed by atoms with E-state index in [1.165, 1.54) is 0 Å². The Bertz CT molecular complexity index is 254. The van der Waals surface area contributed by atoms with Gasteiger partial charge in [-0.05, 0) is 12.2 Å². The van der Waals surface area contributed by atoms with Gasteiger partial charge in [0.25, 0.3) is 0 Å². The van der Waals surface area contributed by atoms with Crippen molar-refractivity contribution in [2.75, 3.05) is 6.67 Å². The van der Waals surface area contributed by atoms with E-state index in [0.717, 1.165) is 0 Å². The molecule has 2 nitrogen and oxygen atoms in total. The summed E-state index contributed by atoms with van der Waals surface area (Å²) in [7, 11) is 0. The van der Waals surface area contributed by atoms with Crippen molar-refractivity contribution in [1.82, 2.24) is 5.32 Å². The van der Waals surface area contributed by atoms with Crippen LogP contribution in [0.25, 0.3) is 0 Å². The first kappa shape index (κ1) is 14.2. The number of nitrogens with one attached hydrogen (secondary N) is 1. The van der Waals surface area contributed by atoms with E-state index in [9.17, 15) is 30.7 Å². The maximum absolute atomic E-state index is 12.5. The van der Waals surface area contributed by atoms with Crippen LogP contribution in [0, 0.1) is 0 Å². The summed E-state index contributed by atoms with van der Waals surface area (Å²) in [6.07, 6.45) is 0. The first-order valence-electron chi connectivity index (χ1n) is 3.25. The van der Waals surface area contributed by atoms with Crippen LogP contribution in [0.4, 0.5) is 30.7 Å². The molecule has 0 spiro atoms. The lowest BCUT2D eigenvalue weighted by Crippen LogP contribution is -2.63. The topological polar surface area (TPSA) is 38.0 Å². The van der Waals surface area contributed by atoms with E-state index in [-0.39, 0.29) is 0 Å². The summed E-state index contributed by atoms with van der Waals surface area (Å²) in [4.78, 5) is 0. The number of alkyl halides is 7. The van der Waals surface area contributed by atoms with Gasteiger partial charge in [0.2, 0.25) is 0 Å². The summed E-state index contributed by atoms with van der Waals surface area (Å²) in [5, 5.41) is -0.832. The molecule has 0 aromatic carbocycles. The Morgan fingerprint density at radius 1 is 1.13 bits per heavy atom. The molecular weight excluding hydrogens is 253 g/mol. The molecule has 0 unspecified atom stereocenters. The van der Waals surface area contributed by atoms with Crippen LogP contribution in [0.3, 0.4) is 0 Å². The summed E-state index contributed by atoms with van der Waals surface area (Å²) < 4.78 is 85.5. The summed E-state index contributed by atoms with van der Waals surface area (Å²) in [5.74, 6) is -11.5. The highest BCUT2D eigenvalue weighted by Crippen LogP contribution is 2.44. The SMILES string of the molecule is NC(=S)NC(F)(F)C(F)(F)C(F)(F)CF. The van der Waals surface area contributed by atoms with Crippen LogP contribution in [0.15, 0.2) is 0 Å². The molecule has 0 radical (unpaired) electrons. The highest BCUT2D eigenvalue weighted by Gasteiger charge is 2.72. The van der Waals surface area contributed by atoms with Gasteiger partial charge in [0.1, 0.15) is 0 Å². The molecule has 0 atom stereocenters. The van der Waals surface area contributed by atoms with Crippen LogP contribution in [-0.4, -0.2) is 29.7 Å². The lowest BCUT2D eigenvalue weighted by atomic mass is 10.1. The van der Waals surface area contributed by atoms with Crippen molar-refractivity contribution in [3.63, 3.8) is 0 Å². The number of hydrogen-bond acceptors (Lipinski definition) is 1. The predicted octanol–water partition coefficient (Wildman–Crippen LogP) is 1.65. The van der Waals surface area contributed by atoms with Crippen LogP contribution in [-0.2, 0) is 0 Å². The van der Waals surface area contributed by atoms with Gasteiger partial charge in [-0.3, -0.25) is 5.32 Å². The molecule has 0 amide bonds. The molecule has 3 N–H and O–H groups in total. The zero-order chi connectivity index (χ0) is 12.5. The van der Waals surface area contributed by atoms with Crippen molar-refractivity contribution in [2.24, 2.45) is 5.73 Å². The second-order valence-electron chi connectivity index (χ2n) is 2.48. The number of thiocarbonyl (C=S) groups is 1. The maximum Gasteiger partial charge on any atom is 0.394 e. The fourth-order valence-electron chi connectivity index (χ4n) is 0.547. The smallest absolute Gasteiger partial charge is 0.376 e. The third-order valence-electron chi connectivity index (χ3n) is 1.30. The van der Waals surface area contributed by atoms with Crippen molar-refractivity contribution in [1.29, 1.82) is 0 Å². The fourth-order valence-corrected chi connectivity index (χ4v) is 0.675. The molecule has 0 saturated heterocycles. The lowest BCUT2D eigenvalue weighted by Gasteiger charge is -2.31. The molecule has 0 saturated carbocycles. The Labute approximate surface area is 84.6 Å². The molecule has 0 aromatic rings. The average molecular weight is 258 g/mol. The summed E-state index contributed by atoms with van der Waals surface area (Å²) in [6, 6.07) is -5.44. The van der Waals surface area contributed by atoms with Crippen LogP contribution >= 0.6 is 12.2 Å². The van der Waals surface area contributed by atoms with Crippen molar-refractivity contribution in [2.45, 2.75) is 17.9 Å². The molecule has 0 aliphatic rings. The van der Waals surface area contributed by atoms with Crippen molar-refractivity contribution >= 4 is 17.3 Å². The van der Waals surface area contributed by atoms with E-state index < -0.39 is 29.7 Å². The minimum Gasteiger partial charge on any atom is -0.376 e. The first-order valence-corrected chi connectivity index (χ1v) is 3.66. The quantitative estimate of drug-likeness (QED) is 0.457. The largest absolute Gasteiger partial charge is 0.394 e. The van der Waals surface area contributed by atoms with E-state index in [1.807, 2.05) is 0 Å². The van der Waals surface area contributed by atoms with E-state index in [1.54, 1.807) is 0 Å². The molecule has 90 valence electrons. The number of halogens is 7. The minimum atomic E-state index is -5.95. The molecule has 0 fully saturated rings. The lowest BCUT2D eigenvalue weighted by molar-refractivity contribution is -0.316. The molecule has 10 heteroatoms. The Morgan fingerprint density at radius 2 is 1.53 bits per heavy atom. The van der Waals surface area contributed by atoms with Crippen LogP contribution in [0.5, 0.6) is 0 Å². The van der Waals surface area contributed by atoms with Gasteiger partial charge in [-0.15, -0.1) is 0 Å². The van der Waals surface area contributed by atoms with Crippen LogP contribution in [0.2, 0.25) is 0 Å². The Hall–Kier alpha value is -0.800. The fraction of sp³-hybridized carbons (Fsp3) is 0.800. The highest BCUT2D eigenvalue weighted by atomic mass is 32.1. The van der Waals surface area contributed by atoms with E-state index >= 15 is 0 Å². The second kappa shape index (κ2) is 3.99. The number of hydrogen-bond donors (Lipinski definition) is 2. The van der Waals surface area contributed by atoms with Gasteiger partial charge in [-0.25, -0.2) is 4.39 Å². The van der Waals surface area contributed by atoms with Gasteiger partial charge in [0, 0.05) is 0 Å². The zero-order valence-corrected chi connectivity index (χ0v) is 7.65. The van der Waals surface area contributed by atoms with Gasteiger partial charge in [0.15, 0.2) is 11.8 Å². The Kier molecular flexibility index (Phi) is 3.77. The molecule has 0 heterocycles. The summed E-state index contributed by atoms with van der Waals surface area (Å²) in [6.45, 7) is -2.94. The maximum atomic E-state index is 12.5. The minimum absolute atomic E-state index is 0.479. The number of nitrogens with two attached hydrogens (primary N) is 1. The Morgan fingerprint density at radius 3 is 1.80 bits per heavy atom. The summed E-state index contributed by atoms with van der Waals surface area (Å²) >= 11 is 3.79. The molecular formula is C5H5F7N2S. The standard InChI is InChI=1S/C5H5F7N2S/c6-1-3(7,8)4(9,10)5(11,12)14-2(13)15/h1H2,(H3,13,14,15). The molecule has 0 bridgehead atoms. The van der Waals surface area contributed by atoms with Gasteiger partial charge in [-0.1, -0.05) is 0 Å². The summed E-state index contributed by atoms with van der Waals surface area (Å²) in [5.41, 5.74) is 4.43. The van der Waals surface area contributed by atoms with Gasteiger partial charge < -0.3 is 5.73 Å². The third-order valence-corrected chi connectivity index (χ3v) is 1.40. The van der Waals surface area contributed by atoms with Gasteiger partial charge >= 0.3 is 17.9 Å². The van der Waals surface area contributed by atoms with Crippen molar-refractivity contribution in [3.8, 4) is 0 Å². The second-order valence-corrected chi connectivity index (χ2v) is 2.92. The Balaban J connectivity index is 5.08. The highest BCUT2D eigenvalue weighted by molar-refractivity contribution is 7.80. The number of rotatable bonds is 4. The molecule has 0 rings (SSSR count). The zero-order valence-electron chi connectivity index (χ0n) is 6.84. The molecule has 0 aliphatic carbocycles. The van der Waals surface area contributed by atoms with Crippen molar-refractivity contribution in [3.05, 3.63) is 0 Å². The average Bonchev–Trinajstić information content (AvgIpc) is 2.01. The predicted molar refractivity (Wildman–Crippen MR) is 40.7 cm³/mol. The van der Waals surface area contributed by atoms with Gasteiger partial charge in [-0.2, -0.15) is 26.3 Å². The van der Waals surface area contributed by atoms with Gasteiger partial charge in [0.05, 0.1) is 0 Å². The third kappa shape index (κ3) is 2.61. The van der Waals surface area contributed by atoms with E-state index in [0.29, 0.717) is 5.32 Å².